The average molecular weight is 265 g/mol. The van der Waals surface area contributed by atoms with Crippen molar-refractivity contribution >= 4 is 29.0 Å². The van der Waals surface area contributed by atoms with Crippen LogP contribution in [0.25, 0.3) is 0 Å². The number of aromatic carboxylic acids is 1. The number of carbonyl (C=O) groups is 2. The Kier molecular flexibility index (Phi) is 3.08. The zero-order chi connectivity index (χ0) is 13.3. The lowest BCUT2D eigenvalue weighted by Gasteiger charge is -2.04. The predicted octanol–water partition coefficient (Wildman–Crippen LogP) is 2.18. The first-order chi connectivity index (χ1) is 8.50. The van der Waals surface area contributed by atoms with Crippen LogP contribution in [0, 0.1) is 0 Å². The number of aromatic nitrogens is 1. The monoisotopic (exact) mass is 264 g/mol. The quantitative estimate of drug-likeness (QED) is 0.585. The van der Waals surface area contributed by atoms with E-state index < -0.39 is 5.97 Å². The van der Waals surface area contributed by atoms with E-state index in [-0.39, 0.29) is 33.3 Å². The van der Waals surface area contributed by atoms with Gasteiger partial charge in [-0.3, -0.25) is 4.79 Å². The van der Waals surface area contributed by atoms with Crippen LogP contribution in [0.5, 0.6) is 0 Å². The summed E-state index contributed by atoms with van der Waals surface area (Å²) in [5, 5.41) is 9.05. The van der Waals surface area contributed by atoms with E-state index >= 15 is 0 Å². The van der Waals surface area contributed by atoms with Gasteiger partial charge in [0.25, 0.3) is 0 Å². The maximum Gasteiger partial charge on any atom is 0.352 e. The minimum Gasteiger partial charge on any atom is -0.477 e. The molecule has 4 N–H and O–H groups in total. The number of halogens is 1. The fraction of sp³-hybridized carbons (Fsp3) is 0. The van der Waals surface area contributed by atoms with Crippen LogP contribution in [0.15, 0.2) is 30.5 Å². The number of H-pyrrole nitrogens is 1. The third-order valence-electron chi connectivity index (χ3n) is 2.47. The van der Waals surface area contributed by atoms with Crippen LogP contribution in [-0.4, -0.2) is 21.8 Å². The molecule has 2 rings (SSSR count). The summed E-state index contributed by atoms with van der Waals surface area (Å²) in [6, 6.07) is 5.98. The van der Waals surface area contributed by atoms with Crippen molar-refractivity contribution in [2.24, 2.45) is 0 Å². The van der Waals surface area contributed by atoms with Gasteiger partial charge in [-0.1, -0.05) is 17.7 Å². The van der Waals surface area contributed by atoms with Crippen molar-refractivity contribution in [1.82, 2.24) is 4.98 Å². The third kappa shape index (κ3) is 2.08. The minimum atomic E-state index is -1.13. The SMILES string of the molecule is Nc1c(Cl)cccc1C(=O)c1c[nH]c(C(=O)O)c1. The van der Waals surface area contributed by atoms with Crippen molar-refractivity contribution in [2.45, 2.75) is 0 Å². The normalized spacial score (nSPS) is 10.3. The van der Waals surface area contributed by atoms with E-state index in [0.29, 0.717) is 0 Å². The molecule has 0 fully saturated rings. The molecule has 0 aliphatic rings. The van der Waals surface area contributed by atoms with Gasteiger partial charge in [-0.25, -0.2) is 4.79 Å². The van der Waals surface area contributed by atoms with Crippen molar-refractivity contribution < 1.29 is 14.7 Å². The fourth-order valence-electron chi connectivity index (χ4n) is 1.54. The molecular formula is C12H9ClN2O3. The molecule has 1 heterocycles. The number of nitrogen functional groups attached to an aromatic ring is 1. The number of hydrogen-bond acceptors (Lipinski definition) is 3. The van der Waals surface area contributed by atoms with Gasteiger partial charge >= 0.3 is 5.97 Å². The van der Waals surface area contributed by atoms with Crippen molar-refractivity contribution in [2.75, 3.05) is 5.73 Å². The number of nitrogens with one attached hydrogen (secondary N) is 1. The molecule has 0 unspecified atom stereocenters. The Morgan fingerprint density at radius 3 is 2.67 bits per heavy atom. The van der Waals surface area contributed by atoms with Crippen molar-refractivity contribution in [3.05, 3.63) is 52.3 Å². The highest BCUT2D eigenvalue weighted by Gasteiger charge is 2.17. The van der Waals surface area contributed by atoms with Crippen LogP contribution < -0.4 is 5.73 Å². The van der Waals surface area contributed by atoms with Gasteiger partial charge in [0.2, 0.25) is 0 Å². The zero-order valence-corrected chi connectivity index (χ0v) is 9.86. The number of hydrogen-bond donors (Lipinski definition) is 3. The molecule has 0 amide bonds. The number of benzene rings is 1. The number of nitrogens with two attached hydrogens (primary N) is 1. The second-order valence-corrected chi connectivity index (χ2v) is 4.04. The number of carboxylic acids is 1. The summed E-state index contributed by atoms with van der Waals surface area (Å²) in [6.45, 7) is 0. The molecule has 0 radical (unpaired) electrons. The van der Waals surface area contributed by atoms with E-state index in [1.54, 1.807) is 12.1 Å². The molecule has 6 heteroatoms. The molecule has 2 aromatic rings. The summed E-state index contributed by atoms with van der Waals surface area (Å²) in [5.74, 6) is -1.51. The molecule has 1 aromatic carbocycles. The maximum absolute atomic E-state index is 12.1. The van der Waals surface area contributed by atoms with Gasteiger partial charge < -0.3 is 15.8 Å². The number of carbonyl (C=O) groups excluding carboxylic acids is 1. The average Bonchev–Trinajstić information content (AvgIpc) is 2.81. The van der Waals surface area contributed by atoms with Gasteiger partial charge in [-0.15, -0.1) is 0 Å². The van der Waals surface area contributed by atoms with Crippen LogP contribution >= 0.6 is 11.6 Å². The van der Waals surface area contributed by atoms with Crippen molar-refractivity contribution in [3.8, 4) is 0 Å². The van der Waals surface area contributed by atoms with Gasteiger partial charge in [0.15, 0.2) is 5.78 Å². The Morgan fingerprint density at radius 2 is 2.06 bits per heavy atom. The first-order valence-electron chi connectivity index (χ1n) is 5.01. The lowest BCUT2D eigenvalue weighted by molar-refractivity contribution is 0.0691. The number of para-hydroxylation sites is 1. The molecule has 0 bridgehead atoms. The van der Waals surface area contributed by atoms with Gasteiger partial charge in [-0.05, 0) is 18.2 Å². The van der Waals surface area contributed by atoms with Crippen LogP contribution in [0.2, 0.25) is 5.02 Å². The second-order valence-electron chi connectivity index (χ2n) is 3.64. The standard InChI is InChI=1S/C12H9ClN2O3/c13-8-3-1-2-7(10(8)14)11(16)6-4-9(12(17)18)15-5-6/h1-5,15H,14H2,(H,17,18). The lowest BCUT2D eigenvalue weighted by atomic mass is 10.0. The molecule has 5 nitrogen and oxygen atoms in total. The summed E-state index contributed by atoms with van der Waals surface area (Å²) in [7, 11) is 0. The molecule has 0 aliphatic carbocycles. The largest absolute Gasteiger partial charge is 0.477 e. The van der Waals surface area contributed by atoms with Gasteiger partial charge in [0.05, 0.1) is 10.7 Å². The lowest BCUT2D eigenvalue weighted by Crippen LogP contribution is -2.04. The van der Waals surface area contributed by atoms with E-state index in [1.807, 2.05) is 0 Å². The van der Waals surface area contributed by atoms with E-state index in [2.05, 4.69) is 4.98 Å². The van der Waals surface area contributed by atoms with Crippen molar-refractivity contribution in [3.63, 3.8) is 0 Å². The van der Waals surface area contributed by atoms with Crippen LogP contribution in [0.4, 0.5) is 5.69 Å². The highest BCUT2D eigenvalue weighted by Crippen LogP contribution is 2.24. The predicted molar refractivity (Wildman–Crippen MR) is 67.0 cm³/mol. The van der Waals surface area contributed by atoms with Crippen LogP contribution in [-0.2, 0) is 0 Å². The number of rotatable bonds is 3. The summed E-state index contributed by atoms with van der Waals surface area (Å²) in [4.78, 5) is 25.3. The molecule has 0 spiro atoms. The Morgan fingerprint density at radius 1 is 1.33 bits per heavy atom. The first-order valence-corrected chi connectivity index (χ1v) is 5.39. The van der Waals surface area contributed by atoms with E-state index in [9.17, 15) is 9.59 Å². The first kappa shape index (κ1) is 12.2. The van der Waals surface area contributed by atoms with Gasteiger partial charge in [0, 0.05) is 17.3 Å². The zero-order valence-electron chi connectivity index (χ0n) is 9.11. The Hall–Kier alpha value is -2.27. The van der Waals surface area contributed by atoms with Crippen molar-refractivity contribution in [1.29, 1.82) is 0 Å². The number of anilines is 1. The van der Waals surface area contributed by atoms with E-state index in [4.69, 9.17) is 22.4 Å². The van der Waals surface area contributed by atoms with Crippen LogP contribution in [0.1, 0.15) is 26.4 Å². The van der Waals surface area contributed by atoms with E-state index in [0.717, 1.165) is 0 Å². The smallest absolute Gasteiger partial charge is 0.352 e. The van der Waals surface area contributed by atoms with E-state index in [1.165, 1.54) is 18.3 Å². The summed E-state index contributed by atoms with van der Waals surface area (Å²) < 4.78 is 0. The minimum absolute atomic E-state index is 0.0565. The molecule has 0 saturated heterocycles. The molecule has 92 valence electrons. The molecule has 1 aromatic heterocycles. The molecule has 0 aliphatic heterocycles. The number of ketones is 1. The summed E-state index contributed by atoms with van der Waals surface area (Å²) in [5.41, 5.74) is 6.31. The summed E-state index contributed by atoms with van der Waals surface area (Å²) >= 11 is 5.82. The topological polar surface area (TPSA) is 96.2 Å². The van der Waals surface area contributed by atoms with Gasteiger partial charge in [-0.2, -0.15) is 0 Å². The molecular weight excluding hydrogens is 256 g/mol. The highest BCUT2D eigenvalue weighted by molar-refractivity contribution is 6.34. The second kappa shape index (κ2) is 4.54. The third-order valence-corrected chi connectivity index (χ3v) is 2.80. The molecule has 0 atom stereocenters. The number of carboxylic acid groups (broad SMARTS) is 1. The molecule has 0 saturated carbocycles. The molecule has 18 heavy (non-hydrogen) atoms. The summed E-state index contributed by atoms with van der Waals surface area (Å²) in [6.07, 6.45) is 1.33. The van der Waals surface area contributed by atoms with Gasteiger partial charge in [0.1, 0.15) is 5.69 Å². The highest BCUT2D eigenvalue weighted by atomic mass is 35.5. The fourth-order valence-corrected chi connectivity index (χ4v) is 1.71. The van der Waals surface area contributed by atoms with Crippen LogP contribution in [0.3, 0.4) is 0 Å². The number of aromatic amines is 1. The Balaban J connectivity index is 2.41. The maximum atomic E-state index is 12.1. The Labute approximate surface area is 107 Å². The Bertz CT molecular complexity index is 634.